The zero-order valence-electron chi connectivity index (χ0n) is 33.1. The second-order valence-corrected chi connectivity index (χ2v) is 15.8. The van der Waals surface area contributed by atoms with Gasteiger partial charge in [0.15, 0.2) is 6.10 Å². The molecule has 1 aliphatic heterocycles. The monoisotopic (exact) mass is 767 g/mol. The Labute approximate surface area is 325 Å². The zero-order valence-corrected chi connectivity index (χ0v) is 33.9. The van der Waals surface area contributed by atoms with Gasteiger partial charge in [0.2, 0.25) is 11.8 Å². The number of hydrogen-bond donors (Lipinski definition) is 2. The Morgan fingerprint density at radius 1 is 1.09 bits per heavy atom. The molecular weight excluding hydrogens is 707 g/mol. The van der Waals surface area contributed by atoms with Crippen LogP contribution in [0.1, 0.15) is 107 Å². The molecule has 2 N–H and O–H groups in total. The van der Waals surface area contributed by atoms with Crippen molar-refractivity contribution in [2.75, 3.05) is 26.9 Å². The number of piperidine rings is 1. The second kappa shape index (κ2) is 22.4. The number of aldehydes is 1. The molecule has 7 atom stereocenters. The van der Waals surface area contributed by atoms with Gasteiger partial charge in [0.05, 0.1) is 12.6 Å². The van der Waals surface area contributed by atoms with Gasteiger partial charge in [0.1, 0.15) is 29.8 Å². The van der Waals surface area contributed by atoms with Crippen LogP contribution in [0.3, 0.4) is 0 Å². The van der Waals surface area contributed by atoms with E-state index in [2.05, 4.69) is 22.2 Å². The molecule has 3 rings (SSSR count). The Morgan fingerprint density at radius 3 is 2.43 bits per heavy atom. The summed E-state index contributed by atoms with van der Waals surface area (Å²) in [6, 6.07) is 7.81. The van der Waals surface area contributed by atoms with Crippen LogP contribution in [-0.4, -0.2) is 95.9 Å². The van der Waals surface area contributed by atoms with Gasteiger partial charge in [0, 0.05) is 36.7 Å². The minimum atomic E-state index is -0.876. The summed E-state index contributed by atoms with van der Waals surface area (Å²) in [7, 11) is 1.94. The third-order valence-electron chi connectivity index (χ3n) is 10.1. The highest BCUT2D eigenvalue weighted by Crippen LogP contribution is 2.32. The quantitative estimate of drug-likeness (QED) is 0.0504. The molecule has 54 heavy (non-hydrogen) atoms. The number of nitrogens with one attached hydrogen (secondary N) is 2. The van der Waals surface area contributed by atoms with Gasteiger partial charge in [-0.05, 0) is 56.7 Å². The van der Waals surface area contributed by atoms with Crippen molar-refractivity contribution in [1.29, 1.82) is 0 Å². The van der Waals surface area contributed by atoms with Crippen LogP contribution in [0.5, 0.6) is 0 Å². The fraction of sp³-hybridized carbons (Fsp3) is 0.610. The highest BCUT2D eigenvalue weighted by Gasteiger charge is 2.39. The number of carbonyl (C=O) groups is 5. The predicted molar refractivity (Wildman–Crippen MR) is 211 cm³/mol. The predicted octanol–water partition coefficient (Wildman–Crippen LogP) is 5.73. The van der Waals surface area contributed by atoms with Gasteiger partial charge in [-0.25, -0.2) is 4.98 Å². The van der Waals surface area contributed by atoms with Gasteiger partial charge in [-0.2, -0.15) is 0 Å². The van der Waals surface area contributed by atoms with E-state index < -0.39 is 30.1 Å². The van der Waals surface area contributed by atoms with Gasteiger partial charge in [0.25, 0.3) is 5.91 Å². The van der Waals surface area contributed by atoms with E-state index in [0.717, 1.165) is 37.7 Å². The number of aromatic nitrogens is 1. The molecule has 1 aliphatic rings. The van der Waals surface area contributed by atoms with E-state index in [-0.39, 0.29) is 67.1 Å². The lowest BCUT2D eigenvalue weighted by atomic mass is 9.92. The smallest absolute Gasteiger partial charge is 0.303 e. The van der Waals surface area contributed by atoms with Crippen LogP contribution in [0.25, 0.3) is 0 Å². The lowest BCUT2D eigenvalue weighted by Crippen LogP contribution is -2.59. The summed E-state index contributed by atoms with van der Waals surface area (Å²) >= 11 is 1.20. The lowest BCUT2D eigenvalue weighted by molar-refractivity contribution is -0.152. The van der Waals surface area contributed by atoms with Crippen molar-refractivity contribution >= 4 is 41.3 Å². The molecule has 0 aliphatic carbocycles. The maximum Gasteiger partial charge on any atom is 0.303 e. The minimum Gasteiger partial charge on any atom is -0.455 e. The van der Waals surface area contributed by atoms with Gasteiger partial charge < -0.3 is 29.8 Å². The molecule has 0 radical (unpaired) electrons. The summed E-state index contributed by atoms with van der Waals surface area (Å²) in [5.74, 6) is -1.93. The fourth-order valence-electron chi connectivity index (χ4n) is 6.85. The summed E-state index contributed by atoms with van der Waals surface area (Å²) in [5.41, 5.74) is 1.20. The standard InChI is InChI=1S/C41H61N5O7S/c1-9-20-52-26-46(41(51)37(29(6)10-2)44-39(50)34-18-14-15-19-45(34)8)35(27(3)4)23-36(53-30(7)48)40-43-33(25-54-40)38(49)42-32(21-28(5)24-47)22-31-16-12-11-13-17-31/h9,11-13,16-17,24-25,27-29,32,34-37H,1,10,14-15,18-23,26H2,2-8H3,(H,42,49)(H,44,50)/t28-,29?,32+,34+,35-,36+,37-/m0/s1. The number of nitrogens with zero attached hydrogens (tertiary/aromatic N) is 3. The van der Waals surface area contributed by atoms with Gasteiger partial charge >= 0.3 is 5.97 Å². The van der Waals surface area contributed by atoms with Crippen LogP contribution in [0, 0.1) is 17.8 Å². The average molecular weight is 768 g/mol. The molecule has 2 heterocycles. The van der Waals surface area contributed by atoms with Crippen molar-refractivity contribution in [3.8, 4) is 0 Å². The summed E-state index contributed by atoms with van der Waals surface area (Å²) in [5, 5.41) is 8.20. The first-order chi connectivity index (χ1) is 25.8. The molecule has 2 aromatic rings. The van der Waals surface area contributed by atoms with Crippen molar-refractivity contribution in [3.63, 3.8) is 0 Å². The van der Waals surface area contributed by atoms with Gasteiger partial charge in [-0.1, -0.05) is 83.9 Å². The van der Waals surface area contributed by atoms with Crippen LogP contribution < -0.4 is 10.6 Å². The van der Waals surface area contributed by atoms with Crippen LogP contribution in [0.2, 0.25) is 0 Å². The SMILES string of the molecule is C=CCOCN(C(=O)[C@@H](NC(=O)[C@H]1CCCCN1C)C(C)CC)[C@@H](C[C@@H](OC(C)=O)c1nc(C(=O)N[C@@H](Cc2ccccc2)C[C@H](C)C=O)cs1)C(C)C. The minimum absolute atomic E-state index is 0.0693. The van der Waals surface area contributed by atoms with Crippen molar-refractivity contribution in [2.24, 2.45) is 17.8 Å². The highest BCUT2D eigenvalue weighted by atomic mass is 32.1. The van der Waals surface area contributed by atoms with Crippen LogP contribution in [0.4, 0.5) is 0 Å². The maximum absolute atomic E-state index is 14.6. The Morgan fingerprint density at radius 2 is 1.81 bits per heavy atom. The third-order valence-corrected chi connectivity index (χ3v) is 11.0. The van der Waals surface area contributed by atoms with Crippen LogP contribution in [0.15, 0.2) is 48.4 Å². The van der Waals surface area contributed by atoms with Crippen LogP contribution >= 0.6 is 11.3 Å². The van der Waals surface area contributed by atoms with Crippen molar-refractivity contribution in [2.45, 2.75) is 117 Å². The normalized spacial score (nSPS) is 18.0. The van der Waals surface area contributed by atoms with Crippen molar-refractivity contribution < 1.29 is 33.4 Å². The maximum atomic E-state index is 14.6. The Hall–Kier alpha value is -3.94. The van der Waals surface area contributed by atoms with E-state index >= 15 is 0 Å². The molecule has 1 unspecified atom stereocenters. The van der Waals surface area contributed by atoms with Gasteiger partial charge in [-0.15, -0.1) is 17.9 Å². The summed E-state index contributed by atoms with van der Waals surface area (Å²) in [4.78, 5) is 74.1. The summed E-state index contributed by atoms with van der Waals surface area (Å²) < 4.78 is 11.7. The first-order valence-electron chi connectivity index (χ1n) is 19.2. The molecule has 12 nitrogen and oxygen atoms in total. The van der Waals surface area contributed by atoms with E-state index in [0.29, 0.717) is 24.3 Å². The van der Waals surface area contributed by atoms with E-state index in [9.17, 15) is 24.0 Å². The highest BCUT2D eigenvalue weighted by molar-refractivity contribution is 7.09. The summed E-state index contributed by atoms with van der Waals surface area (Å²) in [6.45, 7) is 15.7. The molecule has 3 amide bonds. The topological polar surface area (TPSA) is 147 Å². The molecule has 0 bridgehead atoms. The molecule has 298 valence electrons. The first-order valence-corrected chi connectivity index (χ1v) is 20.1. The molecule has 13 heteroatoms. The van der Waals surface area contributed by atoms with E-state index in [1.165, 1.54) is 18.3 Å². The fourth-order valence-corrected chi connectivity index (χ4v) is 7.69. The Balaban J connectivity index is 1.91. The molecule has 1 fully saturated rings. The zero-order chi connectivity index (χ0) is 39.8. The number of likely N-dealkylation sites (N-methyl/N-ethyl adjacent to an activating group) is 1. The van der Waals surface area contributed by atoms with E-state index in [1.807, 2.05) is 76.9 Å². The number of benzene rings is 1. The number of rotatable bonds is 22. The molecule has 0 saturated carbocycles. The van der Waals surface area contributed by atoms with Crippen molar-refractivity contribution in [3.05, 3.63) is 64.6 Å². The van der Waals surface area contributed by atoms with E-state index in [1.54, 1.807) is 16.4 Å². The third kappa shape index (κ3) is 13.4. The average Bonchev–Trinajstić information content (AvgIpc) is 3.65. The molecule has 1 aromatic heterocycles. The molecule has 0 spiro atoms. The van der Waals surface area contributed by atoms with Crippen LogP contribution in [-0.2, 0) is 35.1 Å². The number of likely N-dealkylation sites (tertiary alicyclic amines) is 1. The largest absolute Gasteiger partial charge is 0.455 e. The molecule has 1 saturated heterocycles. The number of ether oxygens (including phenoxy) is 2. The number of hydrogen-bond acceptors (Lipinski definition) is 10. The Kier molecular flexibility index (Phi) is 18.5. The lowest BCUT2D eigenvalue weighted by Gasteiger charge is -2.39. The first kappa shape index (κ1) is 44.5. The Bertz CT molecular complexity index is 1520. The number of amides is 3. The van der Waals surface area contributed by atoms with Crippen molar-refractivity contribution in [1.82, 2.24) is 25.4 Å². The number of carbonyl (C=O) groups excluding carboxylic acids is 5. The number of esters is 1. The van der Waals surface area contributed by atoms with E-state index in [4.69, 9.17) is 9.47 Å². The molecule has 1 aromatic carbocycles. The second-order valence-electron chi connectivity index (χ2n) is 14.9. The molecular formula is C41H61N5O7S. The van der Waals surface area contributed by atoms with Gasteiger partial charge in [-0.3, -0.25) is 24.1 Å². The number of thiazole rings is 1. The summed E-state index contributed by atoms with van der Waals surface area (Å²) in [6.07, 6.45) is 6.16.